The molecular formula is C8H7F3O. The molecule has 0 aromatic heterocycles. The van der Waals surface area contributed by atoms with Crippen LogP contribution in [0, 0.1) is 17.5 Å². The number of halogens is 3. The smallest absolute Gasteiger partial charge is 0.167 e. The van der Waals surface area contributed by atoms with Gasteiger partial charge in [-0.25, -0.2) is 13.2 Å². The highest BCUT2D eigenvalue weighted by atomic mass is 19.2. The molecule has 0 aliphatic carbocycles. The molecule has 0 saturated carbocycles. The molecule has 0 unspecified atom stereocenters. The van der Waals surface area contributed by atoms with Gasteiger partial charge in [-0.1, -0.05) is 0 Å². The molecule has 0 radical (unpaired) electrons. The highest BCUT2D eigenvalue weighted by Gasteiger charge is 2.17. The summed E-state index contributed by atoms with van der Waals surface area (Å²) in [7, 11) is 0. The first kappa shape index (κ1) is 9.06. The Kier molecular flexibility index (Phi) is 2.38. The molecule has 0 aliphatic heterocycles. The van der Waals surface area contributed by atoms with Crippen LogP contribution in [0.5, 0.6) is 0 Å². The second-order valence-corrected chi connectivity index (χ2v) is 2.43. The minimum Gasteiger partial charge on any atom is -0.388 e. The summed E-state index contributed by atoms with van der Waals surface area (Å²) >= 11 is 0. The Labute approximate surface area is 67.5 Å². The minimum atomic E-state index is -1.35. The molecule has 1 aromatic rings. The van der Waals surface area contributed by atoms with E-state index in [1.165, 1.54) is 6.92 Å². The van der Waals surface area contributed by atoms with Crippen LogP contribution in [0.4, 0.5) is 13.2 Å². The second kappa shape index (κ2) is 3.15. The lowest BCUT2D eigenvalue weighted by atomic mass is 10.1. The maximum absolute atomic E-state index is 12.7. The molecule has 0 heterocycles. The van der Waals surface area contributed by atoms with E-state index in [0.717, 1.165) is 6.07 Å². The Morgan fingerprint density at radius 2 is 1.67 bits per heavy atom. The number of hydrogen-bond acceptors (Lipinski definition) is 1. The van der Waals surface area contributed by atoms with Gasteiger partial charge in [0.25, 0.3) is 0 Å². The SMILES string of the molecule is C[C@H](O)c1c(F)ccc(F)c1F. The Morgan fingerprint density at radius 3 is 2.08 bits per heavy atom. The van der Waals surface area contributed by atoms with Gasteiger partial charge in [0.15, 0.2) is 11.6 Å². The monoisotopic (exact) mass is 176 g/mol. The van der Waals surface area contributed by atoms with Gasteiger partial charge in [-0.05, 0) is 19.1 Å². The van der Waals surface area contributed by atoms with Crippen molar-refractivity contribution in [2.24, 2.45) is 0 Å². The van der Waals surface area contributed by atoms with E-state index in [-0.39, 0.29) is 0 Å². The predicted octanol–water partition coefficient (Wildman–Crippen LogP) is 2.16. The van der Waals surface area contributed by atoms with Crippen LogP contribution in [-0.2, 0) is 0 Å². The first-order chi connectivity index (χ1) is 5.54. The van der Waals surface area contributed by atoms with Gasteiger partial charge in [0.05, 0.1) is 11.7 Å². The van der Waals surface area contributed by atoms with Crippen molar-refractivity contribution in [3.63, 3.8) is 0 Å². The lowest BCUT2D eigenvalue weighted by Crippen LogP contribution is -2.02. The standard InChI is InChI=1S/C8H7F3O/c1-4(12)7-5(9)2-3-6(10)8(7)11/h2-4,12H,1H3/t4-/m0/s1. The highest BCUT2D eigenvalue weighted by molar-refractivity contribution is 5.22. The minimum absolute atomic E-state index is 0.630. The Bertz CT molecular complexity index is 297. The van der Waals surface area contributed by atoms with Crippen LogP contribution in [-0.4, -0.2) is 5.11 Å². The van der Waals surface area contributed by atoms with Crippen LogP contribution < -0.4 is 0 Å². The van der Waals surface area contributed by atoms with Crippen LogP contribution >= 0.6 is 0 Å². The fraction of sp³-hybridized carbons (Fsp3) is 0.250. The summed E-state index contributed by atoms with van der Waals surface area (Å²) in [6, 6.07) is 1.46. The van der Waals surface area contributed by atoms with Crippen LogP contribution in [0.15, 0.2) is 12.1 Å². The van der Waals surface area contributed by atoms with Gasteiger partial charge >= 0.3 is 0 Å². The Balaban J connectivity index is 3.33. The van der Waals surface area contributed by atoms with Gasteiger partial charge in [-0.2, -0.15) is 0 Å². The lowest BCUT2D eigenvalue weighted by Gasteiger charge is -2.07. The summed E-state index contributed by atoms with van der Waals surface area (Å²) in [5.74, 6) is -3.43. The summed E-state index contributed by atoms with van der Waals surface area (Å²) < 4.78 is 37.9. The molecule has 12 heavy (non-hydrogen) atoms. The van der Waals surface area contributed by atoms with Gasteiger partial charge < -0.3 is 5.11 Å². The molecule has 0 bridgehead atoms. The third-order valence-electron chi connectivity index (χ3n) is 1.50. The van der Waals surface area contributed by atoms with Gasteiger partial charge in [0.1, 0.15) is 5.82 Å². The molecule has 1 N–H and O–H groups in total. The maximum Gasteiger partial charge on any atom is 0.167 e. The van der Waals surface area contributed by atoms with E-state index in [9.17, 15) is 13.2 Å². The molecular weight excluding hydrogens is 169 g/mol. The number of aliphatic hydroxyl groups excluding tert-OH is 1. The summed E-state index contributed by atoms with van der Waals surface area (Å²) in [6.45, 7) is 1.17. The van der Waals surface area contributed by atoms with Crippen molar-refractivity contribution >= 4 is 0 Å². The van der Waals surface area contributed by atoms with Crippen molar-refractivity contribution in [2.45, 2.75) is 13.0 Å². The Hall–Kier alpha value is -1.03. The molecule has 4 heteroatoms. The van der Waals surface area contributed by atoms with Crippen LogP contribution in [0.3, 0.4) is 0 Å². The van der Waals surface area contributed by atoms with Crippen molar-refractivity contribution in [1.29, 1.82) is 0 Å². The summed E-state index contributed by atoms with van der Waals surface area (Å²) in [5.41, 5.74) is -0.630. The van der Waals surface area contributed by atoms with E-state index in [0.29, 0.717) is 6.07 Å². The predicted molar refractivity (Wildman–Crippen MR) is 36.9 cm³/mol. The normalized spacial score (nSPS) is 13.1. The number of hydrogen-bond donors (Lipinski definition) is 1. The van der Waals surface area contributed by atoms with Crippen molar-refractivity contribution in [3.05, 3.63) is 35.1 Å². The molecule has 0 fully saturated rings. The van der Waals surface area contributed by atoms with Crippen molar-refractivity contribution in [1.82, 2.24) is 0 Å². The van der Waals surface area contributed by atoms with Gasteiger partial charge in [0.2, 0.25) is 0 Å². The molecule has 0 saturated heterocycles. The van der Waals surface area contributed by atoms with Gasteiger partial charge in [-0.15, -0.1) is 0 Å². The highest BCUT2D eigenvalue weighted by Crippen LogP contribution is 2.21. The summed E-state index contributed by atoms with van der Waals surface area (Å²) in [5, 5.41) is 8.86. The molecule has 0 aliphatic rings. The third kappa shape index (κ3) is 1.43. The summed E-state index contributed by atoms with van der Waals surface area (Å²) in [4.78, 5) is 0. The van der Waals surface area contributed by atoms with E-state index in [1.54, 1.807) is 0 Å². The second-order valence-electron chi connectivity index (χ2n) is 2.43. The zero-order valence-corrected chi connectivity index (χ0v) is 6.31. The third-order valence-corrected chi connectivity index (χ3v) is 1.50. The molecule has 1 rings (SSSR count). The zero-order chi connectivity index (χ0) is 9.30. The van der Waals surface area contributed by atoms with Gasteiger partial charge in [0, 0.05) is 0 Å². The zero-order valence-electron chi connectivity index (χ0n) is 6.31. The largest absolute Gasteiger partial charge is 0.388 e. The fourth-order valence-corrected chi connectivity index (χ4v) is 0.926. The van der Waals surface area contributed by atoms with Crippen molar-refractivity contribution in [3.8, 4) is 0 Å². The van der Waals surface area contributed by atoms with Crippen LogP contribution in [0.1, 0.15) is 18.6 Å². The quantitative estimate of drug-likeness (QED) is 0.650. The molecule has 0 spiro atoms. The van der Waals surface area contributed by atoms with Gasteiger partial charge in [-0.3, -0.25) is 0 Å². The summed E-state index contributed by atoms with van der Waals surface area (Å²) in [6.07, 6.45) is -1.35. The lowest BCUT2D eigenvalue weighted by molar-refractivity contribution is 0.187. The molecule has 1 atom stereocenters. The topological polar surface area (TPSA) is 20.2 Å². The average molecular weight is 176 g/mol. The number of benzene rings is 1. The van der Waals surface area contributed by atoms with Crippen LogP contribution in [0.25, 0.3) is 0 Å². The first-order valence-corrected chi connectivity index (χ1v) is 3.35. The molecule has 0 amide bonds. The van der Waals surface area contributed by atoms with E-state index in [4.69, 9.17) is 5.11 Å². The van der Waals surface area contributed by atoms with E-state index < -0.39 is 29.1 Å². The number of aliphatic hydroxyl groups is 1. The molecule has 66 valence electrons. The average Bonchev–Trinajstić information content (AvgIpc) is 1.97. The van der Waals surface area contributed by atoms with Crippen molar-refractivity contribution in [2.75, 3.05) is 0 Å². The number of rotatable bonds is 1. The first-order valence-electron chi connectivity index (χ1n) is 3.35. The fourth-order valence-electron chi connectivity index (χ4n) is 0.926. The molecule has 1 nitrogen and oxygen atoms in total. The van der Waals surface area contributed by atoms with E-state index in [1.807, 2.05) is 0 Å². The maximum atomic E-state index is 12.7. The van der Waals surface area contributed by atoms with E-state index in [2.05, 4.69) is 0 Å². The van der Waals surface area contributed by atoms with Crippen molar-refractivity contribution < 1.29 is 18.3 Å². The Morgan fingerprint density at radius 1 is 1.17 bits per heavy atom. The van der Waals surface area contributed by atoms with Crippen LogP contribution in [0.2, 0.25) is 0 Å². The van der Waals surface area contributed by atoms with E-state index >= 15 is 0 Å². The molecule has 1 aromatic carbocycles.